The van der Waals surface area contributed by atoms with E-state index < -0.39 is 0 Å². The zero-order chi connectivity index (χ0) is 9.91. The van der Waals surface area contributed by atoms with Crippen LogP contribution >= 0.6 is 0 Å². The molecule has 0 aromatic carbocycles. The van der Waals surface area contributed by atoms with Crippen molar-refractivity contribution in [3.05, 3.63) is 0 Å². The Bertz CT molecular complexity index is 209. The molecule has 0 aromatic rings. The number of rotatable bonds is 3. The van der Waals surface area contributed by atoms with E-state index in [1.165, 1.54) is 19.3 Å². The molecule has 2 saturated carbocycles. The molecule has 0 unspecified atom stereocenters. The molecule has 1 nitrogen and oxygen atoms in total. The van der Waals surface area contributed by atoms with Crippen LogP contribution in [-0.2, 0) is 0 Å². The van der Waals surface area contributed by atoms with Crippen LogP contribution in [0.1, 0.15) is 47.0 Å². The minimum Gasteiger partial charge on any atom is -0.396 e. The van der Waals surface area contributed by atoms with Gasteiger partial charge in [0.1, 0.15) is 0 Å². The van der Waals surface area contributed by atoms with Crippen molar-refractivity contribution in [1.82, 2.24) is 0 Å². The Hall–Kier alpha value is -0.0400. The predicted molar refractivity (Wildman–Crippen MR) is 54.4 cm³/mol. The van der Waals surface area contributed by atoms with Gasteiger partial charge < -0.3 is 5.11 Å². The Labute approximate surface area is 81.5 Å². The molecule has 0 saturated heterocycles. The maximum atomic E-state index is 9.27. The maximum Gasteiger partial charge on any atom is 0.0487 e. The topological polar surface area (TPSA) is 20.2 Å². The first kappa shape index (κ1) is 9.51. The van der Waals surface area contributed by atoms with E-state index >= 15 is 0 Å². The third kappa shape index (κ3) is 1.16. The van der Waals surface area contributed by atoms with Crippen LogP contribution in [0.3, 0.4) is 0 Å². The van der Waals surface area contributed by atoms with Gasteiger partial charge in [-0.2, -0.15) is 0 Å². The van der Waals surface area contributed by atoms with E-state index in [1.54, 1.807) is 0 Å². The van der Waals surface area contributed by atoms with Crippen LogP contribution < -0.4 is 0 Å². The van der Waals surface area contributed by atoms with Crippen molar-refractivity contribution in [2.45, 2.75) is 47.0 Å². The highest BCUT2D eigenvalue weighted by atomic mass is 16.3. The highest BCUT2D eigenvalue weighted by Gasteiger charge is 2.66. The molecule has 13 heavy (non-hydrogen) atoms. The maximum absolute atomic E-state index is 9.27. The Morgan fingerprint density at radius 3 is 1.77 bits per heavy atom. The highest BCUT2D eigenvalue weighted by molar-refractivity contribution is 5.15. The Morgan fingerprint density at radius 1 is 1.08 bits per heavy atom. The van der Waals surface area contributed by atoms with E-state index in [-0.39, 0.29) is 0 Å². The van der Waals surface area contributed by atoms with Crippen molar-refractivity contribution in [1.29, 1.82) is 0 Å². The molecule has 76 valence electrons. The SMILES string of the molecule is CC1(C)C(CC2(CO)CC2)C1(C)C. The minimum atomic E-state index is 0.343. The van der Waals surface area contributed by atoms with Crippen molar-refractivity contribution in [3.8, 4) is 0 Å². The molecule has 2 aliphatic rings. The molecule has 0 aliphatic heterocycles. The first-order chi connectivity index (χ1) is 5.86. The van der Waals surface area contributed by atoms with E-state index in [9.17, 15) is 5.11 Å². The highest BCUT2D eigenvalue weighted by Crippen LogP contribution is 2.73. The molecule has 0 bridgehead atoms. The molecule has 0 aromatic heterocycles. The van der Waals surface area contributed by atoms with E-state index in [1.807, 2.05) is 0 Å². The van der Waals surface area contributed by atoms with Gasteiger partial charge in [0.15, 0.2) is 0 Å². The molecular weight excluding hydrogens is 160 g/mol. The summed E-state index contributed by atoms with van der Waals surface area (Å²) >= 11 is 0. The normalized spacial score (nSPS) is 33.0. The summed E-state index contributed by atoms with van der Waals surface area (Å²) < 4.78 is 0. The van der Waals surface area contributed by atoms with Gasteiger partial charge in [0.25, 0.3) is 0 Å². The Balaban J connectivity index is 1.99. The van der Waals surface area contributed by atoms with Crippen LogP contribution in [0.4, 0.5) is 0 Å². The zero-order valence-electron chi connectivity index (χ0n) is 9.35. The van der Waals surface area contributed by atoms with Gasteiger partial charge >= 0.3 is 0 Å². The van der Waals surface area contributed by atoms with Crippen LogP contribution in [0.25, 0.3) is 0 Å². The smallest absolute Gasteiger partial charge is 0.0487 e. The predicted octanol–water partition coefficient (Wildman–Crippen LogP) is 2.83. The average Bonchev–Trinajstić information content (AvgIpc) is 2.87. The number of hydrogen-bond donors (Lipinski definition) is 1. The Kier molecular flexibility index (Phi) is 1.69. The van der Waals surface area contributed by atoms with Gasteiger partial charge in [-0.1, -0.05) is 27.7 Å². The van der Waals surface area contributed by atoms with Crippen molar-refractivity contribution >= 4 is 0 Å². The molecule has 0 atom stereocenters. The summed E-state index contributed by atoms with van der Waals surface area (Å²) in [4.78, 5) is 0. The summed E-state index contributed by atoms with van der Waals surface area (Å²) in [6.45, 7) is 9.88. The van der Waals surface area contributed by atoms with Gasteiger partial charge in [0.05, 0.1) is 0 Å². The summed E-state index contributed by atoms with van der Waals surface area (Å²) in [6.07, 6.45) is 3.77. The molecular formula is C12H22O. The van der Waals surface area contributed by atoms with Gasteiger partial charge in [0, 0.05) is 6.61 Å². The van der Waals surface area contributed by atoms with Gasteiger partial charge in [-0.05, 0) is 41.4 Å². The molecule has 0 spiro atoms. The van der Waals surface area contributed by atoms with Crippen LogP contribution in [0.15, 0.2) is 0 Å². The van der Waals surface area contributed by atoms with Crippen molar-refractivity contribution in [2.75, 3.05) is 6.61 Å². The van der Waals surface area contributed by atoms with Crippen LogP contribution in [0.2, 0.25) is 0 Å². The number of aliphatic hydroxyl groups excluding tert-OH is 1. The second kappa shape index (κ2) is 2.31. The molecule has 1 N–H and O–H groups in total. The molecule has 2 aliphatic carbocycles. The van der Waals surface area contributed by atoms with Gasteiger partial charge in [0.2, 0.25) is 0 Å². The standard InChI is InChI=1S/C12H22O/c1-10(2)9(11(10,3)4)7-12(8-13)5-6-12/h9,13H,5-8H2,1-4H3. The fraction of sp³-hybridized carbons (Fsp3) is 1.00. The molecule has 0 heterocycles. The lowest BCUT2D eigenvalue weighted by Gasteiger charge is -2.12. The summed E-state index contributed by atoms with van der Waals surface area (Å²) in [5.41, 5.74) is 1.34. The largest absolute Gasteiger partial charge is 0.396 e. The van der Waals surface area contributed by atoms with Gasteiger partial charge in [-0.3, -0.25) is 0 Å². The van der Waals surface area contributed by atoms with E-state index in [2.05, 4.69) is 27.7 Å². The van der Waals surface area contributed by atoms with Crippen LogP contribution in [-0.4, -0.2) is 11.7 Å². The second-order valence-electron chi connectivity index (χ2n) is 6.36. The third-order valence-corrected chi connectivity index (χ3v) is 5.25. The lowest BCUT2D eigenvalue weighted by atomic mass is 9.96. The molecule has 1 heteroatoms. The van der Waals surface area contributed by atoms with Crippen LogP contribution in [0.5, 0.6) is 0 Å². The summed E-state index contributed by atoms with van der Waals surface area (Å²) in [5.74, 6) is 0.828. The third-order valence-electron chi connectivity index (χ3n) is 5.25. The van der Waals surface area contributed by atoms with Crippen molar-refractivity contribution in [2.24, 2.45) is 22.2 Å². The van der Waals surface area contributed by atoms with Crippen LogP contribution in [0, 0.1) is 22.2 Å². The first-order valence-corrected chi connectivity index (χ1v) is 5.47. The van der Waals surface area contributed by atoms with E-state index in [4.69, 9.17) is 0 Å². The fourth-order valence-corrected chi connectivity index (χ4v) is 2.88. The van der Waals surface area contributed by atoms with Crippen molar-refractivity contribution in [3.63, 3.8) is 0 Å². The second-order valence-corrected chi connectivity index (χ2v) is 6.36. The molecule has 2 rings (SSSR count). The van der Waals surface area contributed by atoms with E-state index in [0.29, 0.717) is 22.9 Å². The summed E-state index contributed by atoms with van der Waals surface area (Å²) in [6, 6.07) is 0. The molecule has 0 radical (unpaired) electrons. The van der Waals surface area contributed by atoms with Gasteiger partial charge in [-0.15, -0.1) is 0 Å². The monoisotopic (exact) mass is 182 g/mol. The lowest BCUT2D eigenvalue weighted by Crippen LogP contribution is -2.09. The quantitative estimate of drug-likeness (QED) is 0.711. The zero-order valence-corrected chi connectivity index (χ0v) is 9.35. The first-order valence-electron chi connectivity index (χ1n) is 5.47. The molecule has 0 amide bonds. The average molecular weight is 182 g/mol. The number of aliphatic hydroxyl groups is 1. The summed E-state index contributed by atoms with van der Waals surface area (Å²) in [5, 5.41) is 9.27. The minimum absolute atomic E-state index is 0.343. The Morgan fingerprint density at radius 2 is 1.54 bits per heavy atom. The molecule has 2 fully saturated rings. The fourth-order valence-electron chi connectivity index (χ4n) is 2.88. The number of hydrogen-bond acceptors (Lipinski definition) is 1. The van der Waals surface area contributed by atoms with E-state index in [0.717, 1.165) is 5.92 Å². The summed E-state index contributed by atoms with van der Waals surface area (Å²) in [7, 11) is 0. The lowest BCUT2D eigenvalue weighted by molar-refractivity contribution is 0.191. The van der Waals surface area contributed by atoms with Gasteiger partial charge in [-0.25, -0.2) is 0 Å². The van der Waals surface area contributed by atoms with Crippen molar-refractivity contribution < 1.29 is 5.11 Å².